The van der Waals surface area contributed by atoms with Crippen molar-refractivity contribution in [2.75, 3.05) is 19.6 Å². The van der Waals surface area contributed by atoms with Crippen LogP contribution in [-0.2, 0) is 12.6 Å². The normalized spacial score (nSPS) is 18.5. The number of halogens is 4. The van der Waals surface area contributed by atoms with Crippen LogP contribution in [0, 0.1) is 11.3 Å². The number of aliphatic imine (C=N–C) groups is 1. The molecule has 0 saturated heterocycles. The quantitative estimate of drug-likeness (QED) is 0.239. The van der Waals surface area contributed by atoms with Gasteiger partial charge in [0, 0.05) is 45.5 Å². The van der Waals surface area contributed by atoms with E-state index >= 15 is 0 Å². The Labute approximate surface area is 200 Å². The van der Waals surface area contributed by atoms with Crippen molar-refractivity contribution < 1.29 is 18.3 Å². The second kappa shape index (κ2) is 11.7. The molecule has 0 amide bonds. The molecule has 0 spiro atoms. The SMILES string of the molecule is CCNC(=NCC1(CC(C)C)CCCC1)NCCC(O)(c1nccn1C)C(F)(F)F.I. The number of hydrogen-bond acceptors (Lipinski definition) is 3. The zero-order valence-corrected chi connectivity index (χ0v) is 21.3. The first-order chi connectivity index (χ1) is 14.0. The monoisotopic (exact) mass is 559 g/mol. The van der Waals surface area contributed by atoms with Crippen molar-refractivity contribution in [1.82, 2.24) is 20.2 Å². The van der Waals surface area contributed by atoms with Gasteiger partial charge < -0.3 is 20.3 Å². The molecule has 180 valence electrons. The lowest BCUT2D eigenvalue weighted by Gasteiger charge is -2.31. The van der Waals surface area contributed by atoms with E-state index in [2.05, 4.69) is 29.5 Å². The first-order valence-electron chi connectivity index (χ1n) is 10.8. The molecule has 31 heavy (non-hydrogen) atoms. The number of rotatable bonds is 9. The van der Waals surface area contributed by atoms with Crippen LogP contribution in [0.2, 0.25) is 0 Å². The fourth-order valence-electron chi connectivity index (χ4n) is 4.51. The number of imidazole rings is 1. The third kappa shape index (κ3) is 7.23. The molecule has 1 heterocycles. The van der Waals surface area contributed by atoms with Crippen molar-refractivity contribution in [3.63, 3.8) is 0 Å². The van der Waals surface area contributed by atoms with E-state index in [0.29, 0.717) is 25.0 Å². The number of nitrogens with one attached hydrogen (secondary N) is 2. The average Bonchev–Trinajstić information content (AvgIpc) is 3.27. The Hall–Kier alpha value is -1.04. The van der Waals surface area contributed by atoms with E-state index < -0.39 is 24.0 Å². The highest BCUT2D eigenvalue weighted by Gasteiger charge is 2.57. The molecule has 1 saturated carbocycles. The summed E-state index contributed by atoms with van der Waals surface area (Å²) in [7, 11) is 1.44. The fraction of sp³-hybridized carbons (Fsp3) is 0.810. The lowest BCUT2D eigenvalue weighted by molar-refractivity contribution is -0.272. The molecule has 1 aromatic heterocycles. The van der Waals surface area contributed by atoms with Crippen LogP contribution in [0.25, 0.3) is 0 Å². The number of alkyl halides is 3. The minimum absolute atomic E-state index is 0. The van der Waals surface area contributed by atoms with E-state index in [1.54, 1.807) is 0 Å². The number of hydrogen-bond donors (Lipinski definition) is 3. The molecule has 1 aromatic rings. The molecule has 6 nitrogen and oxygen atoms in total. The lowest BCUT2D eigenvalue weighted by atomic mass is 9.78. The molecule has 0 radical (unpaired) electrons. The second-order valence-electron chi connectivity index (χ2n) is 8.90. The Morgan fingerprint density at radius 3 is 2.42 bits per heavy atom. The highest BCUT2D eigenvalue weighted by molar-refractivity contribution is 14.0. The van der Waals surface area contributed by atoms with E-state index in [-0.39, 0.29) is 35.9 Å². The molecular formula is C21H37F3IN5O. The Balaban J connectivity index is 0.00000480. The van der Waals surface area contributed by atoms with Crippen molar-refractivity contribution in [2.45, 2.75) is 71.1 Å². The van der Waals surface area contributed by atoms with Crippen molar-refractivity contribution in [1.29, 1.82) is 0 Å². The first-order valence-corrected chi connectivity index (χ1v) is 10.8. The molecule has 10 heteroatoms. The van der Waals surface area contributed by atoms with E-state index in [9.17, 15) is 18.3 Å². The highest BCUT2D eigenvalue weighted by Crippen LogP contribution is 2.43. The van der Waals surface area contributed by atoms with Crippen molar-refractivity contribution in [3.8, 4) is 0 Å². The summed E-state index contributed by atoms with van der Waals surface area (Å²) >= 11 is 0. The Morgan fingerprint density at radius 2 is 1.94 bits per heavy atom. The minimum Gasteiger partial charge on any atom is -0.374 e. The van der Waals surface area contributed by atoms with Crippen molar-refractivity contribution in [3.05, 3.63) is 18.2 Å². The van der Waals surface area contributed by atoms with E-state index in [1.165, 1.54) is 36.9 Å². The molecule has 1 fully saturated rings. The Bertz CT molecular complexity index is 701. The summed E-state index contributed by atoms with van der Waals surface area (Å²) in [6.07, 6.45) is 3.02. The van der Waals surface area contributed by atoms with Crippen LogP contribution in [0.3, 0.4) is 0 Å². The van der Waals surface area contributed by atoms with Gasteiger partial charge in [-0.15, -0.1) is 24.0 Å². The third-order valence-corrected chi connectivity index (χ3v) is 5.86. The van der Waals surface area contributed by atoms with Gasteiger partial charge in [-0.05, 0) is 37.5 Å². The van der Waals surface area contributed by atoms with E-state index in [1.807, 2.05) is 6.92 Å². The van der Waals surface area contributed by atoms with Crippen molar-refractivity contribution >= 4 is 29.9 Å². The van der Waals surface area contributed by atoms with Gasteiger partial charge in [-0.1, -0.05) is 26.7 Å². The molecule has 1 unspecified atom stereocenters. The van der Waals surface area contributed by atoms with E-state index in [4.69, 9.17) is 4.99 Å². The molecule has 1 aliphatic carbocycles. The molecule has 2 rings (SSSR count). The molecule has 1 atom stereocenters. The van der Waals surface area contributed by atoms with Gasteiger partial charge in [0.2, 0.25) is 5.60 Å². The van der Waals surface area contributed by atoms with Gasteiger partial charge in [-0.2, -0.15) is 13.2 Å². The zero-order chi connectivity index (χ0) is 22.4. The number of nitrogens with zero attached hydrogens (tertiary/aromatic N) is 3. The molecule has 0 bridgehead atoms. The summed E-state index contributed by atoms with van der Waals surface area (Å²) in [4.78, 5) is 8.43. The summed E-state index contributed by atoms with van der Waals surface area (Å²) in [5.74, 6) is 0.644. The number of aliphatic hydroxyl groups is 1. The topological polar surface area (TPSA) is 74.5 Å². The van der Waals surface area contributed by atoms with Gasteiger partial charge in [-0.25, -0.2) is 4.98 Å². The van der Waals surface area contributed by atoms with Crippen LogP contribution in [0.1, 0.15) is 65.1 Å². The van der Waals surface area contributed by atoms with Crippen LogP contribution in [0.15, 0.2) is 17.4 Å². The van der Waals surface area contributed by atoms with Crippen LogP contribution in [-0.4, -0.2) is 46.4 Å². The summed E-state index contributed by atoms with van der Waals surface area (Å²) in [5.41, 5.74) is -2.85. The largest absolute Gasteiger partial charge is 0.424 e. The number of guanidine groups is 1. The third-order valence-electron chi connectivity index (χ3n) is 5.86. The number of aryl methyl sites for hydroxylation is 1. The van der Waals surface area contributed by atoms with Gasteiger partial charge in [0.1, 0.15) is 5.82 Å². The smallest absolute Gasteiger partial charge is 0.374 e. The van der Waals surface area contributed by atoms with Gasteiger partial charge in [-0.3, -0.25) is 4.99 Å². The van der Waals surface area contributed by atoms with Gasteiger partial charge in [0.15, 0.2) is 5.96 Å². The van der Waals surface area contributed by atoms with Gasteiger partial charge >= 0.3 is 6.18 Å². The predicted octanol–water partition coefficient (Wildman–Crippen LogP) is 4.34. The Morgan fingerprint density at radius 1 is 1.29 bits per heavy atom. The molecular weight excluding hydrogens is 522 g/mol. The molecule has 1 aliphatic rings. The molecule has 3 N–H and O–H groups in total. The lowest BCUT2D eigenvalue weighted by Crippen LogP contribution is -2.48. The average molecular weight is 559 g/mol. The highest BCUT2D eigenvalue weighted by atomic mass is 127. The molecule has 0 aromatic carbocycles. The van der Waals surface area contributed by atoms with Crippen molar-refractivity contribution in [2.24, 2.45) is 23.4 Å². The van der Waals surface area contributed by atoms with Gasteiger partial charge in [0.05, 0.1) is 0 Å². The summed E-state index contributed by atoms with van der Waals surface area (Å²) in [5, 5.41) is 16.5. The summed E-state index contributed by atoms with van der Waals surface area (Å²) in [6, 6.07) is 0. The summed E-state index contributed by atoms with van der Waals surface area (Å²) in [6.45, 7) is 7.50. The van der Waals surface area contributed by atoms with Crippen LogP contribution in [0.4, 0.5) is 13.2 Å². The standard InChI is InChI=1S/C21H36F3N5O.HI/c1-5-25-18(28-15-19(14-16(2)3)8-6-7-9-19)27-11-10-20(30,21(22,23)24)17-26-12-13-29(17)4;/h12-13,16,30H,5-11,14-15H2,1-4H3,(H2,25,27,28);1H. The van der Waals surface area contributed by atoms with Crippen LogP contribution < -0.4 is 10.6 Å². The minimum atomic E-state index is -4.84. The van der Waals surface area contributed by atoms with Gasteiger partial charge in [0.25, 0.3) is 0 Å². The maximum absolute atomic E-state index is 13.7. The van der Waals surface area contributed by atoms with Crippen LogP contribution >= 0.6 is 24.0 Å². The maximum atomic E-state index is 13.7. The first kappa shape index (κ1) is 28.0. The van der Waals surface area contributed by atoms with Crippen LogP contribution in [0.5, 0.6) is 0 Å². The fourth-order valence-corrected chi connectivity index (χ4v) is 4.51. The molecule has 0 aliphatic heterocycles. The Kier molecular flexibility index (Phi) is 10.6. The summed E-state index contributed by atoms with van der Waals surface area (Å²) < 4.78 is 42.2. The number of aromatic nitrogens is 2. The predicted molar refractivity (Wildman–Crippen MR) is 128 cm³/mol. The zero-order valence-electron chi connectivity index (χ0n) is 18.9. The maximum Gasteiger partial charge on any atom is 0.424 e. The second-order valence-corrected chi connectivity index (χ2v) is 8.90. The van der Waals surface area contributed by atoms with E-state index in [0.717, 1.165) is 19.3 Å².